The third kappa shape index (κ3) is 5.00. The summed E-state index contributed by atoms with van der Waals surface area (Å²) in [6, 6.07) is 13.8. The molecule has 1 atom stereocenters. The fourth-order valence-electron chi connectivity index (χ4n) is 3.61. The second-order valence-corrected chi connectivity index (χ2v) is 8.97. The fraction of sp³-hybridized carbons (Fsp3) is 0.409. The average molecular weight is 433 g/mol. The highest BCUT2D eigenvalue weighted by Crippen LogP contribution is 2.33. The topological polar surface area (TPSA) is 42.0 Å². The van der Waals surface area contributed by atoms with E-state index in [1.807, 2.05) is 35.2 Å². The van der Waals surface area contributed by atoms with Crippen molar-refractivity contribution in [3.8, 4) is 11.5 Å². The van der Waals surface area contributed by atoms with Gasteiger partial charge in [-0.25, -0.2) is 0 Å². The molecule has 7 heteroatoms. The number of carbonyl (C=O) groups is 1. The van der Waals surface area contributed by atoms with Crippen molar-refractivity contribution in [2.45, 2.75) is 30.0 Å². The van der Waals surface area contributed by atoms with Crippen LogP contribution >= 0.6 is 23.4 Å². The first kappa shape index (κ1) is 20.4. The molecule has 29 heavy (non-hydrogen) atoms. The summed E-state index contributed by atoms with van der Waals surface area (Å²) < 4.78 is 10.8. The molecular weight excluding hydrogens is 408 g/mol. The largest absolute Gasteiger partial charge is 0.454 e. The molecule has 1 amide bonds. The first-order valence-corrected chi connectivity index (χ1v) is 11.2. The molecule has 2 aliphatic heterocycles. The second-order valence-electron chi connectivity index (χ2n) is 7.26. The van der Waals surface area contributed by atoms with Crippen LogP contribution in [0.3, 0.4) is 0 Å². The molecule has 4 rings (SSSR count). The SMILES string of the molecule is CC[C@H](Sc1ccc(Cl)cc1)C(=O)N1CCN(Cc2ccc3c(c2)OCO3)CC1. The zero-order chi connectivity index (χ0) is 20.2. The van der Waals surface area contributed by atoms with Crippen molar-refractivity contribution >= 4 is 29.3 Å². The Kier molecular flexibility index (Phi) is 6.53. The molecule has 2 aromatic carbocycles. The van der Waals surface area contributed by atoms with Crippen molar-refractivity contribution < 1.29 is 14.3 Å². The molecule has 2 aromatic rings. The molecule has 2 aliphatic rings. The lowest BCUT2D eigenvalue weighted by molar-refractivity contribution is -0.132. The quantitative estimate of drug-likeness (QED) is 0.637. The van der Waals surface area contributed by atoms with Crippen LogP contribution in [0.1, 0.15) is 18.9 Å². The van der Waals surface area contributed by atoms with E-state index in [4.69, 9.17) is 21.1 Å². The van der Waals surface area contributed by atoms with Gasteiger partial charge in [-0.2, -0.15) is 0 Å². The van der Waals surface area contributed by atoms with Gasteiger partial charge in [-0.15, -0.1) is 11.8 Å². The van der Waals surface area contributed by atoms with E-state index < -0.39 is 0 Å². The Bertz CT molecular complexity index is 854. The van der Waals surface area contributed by atoms with Gasteiger partial charge in [0.05, 0.1) is 5.25 Å². The van der Waals surface area contributed by atoms with Gasteiger partial charge in [0.25, 0.3) is 0 Å². The van der Waals surface area contributed by atoms with Crippen molar-refractivity contribution in [3.63, 3.8) is 0 Å². The summed E-state index contributed by atoms with van der Waals surface area (Å²) in [5, 5.41) is 0.656. The number of rotatable bonds is 6. The predicted molar refractivity (Wildman–Crippen MR) is 116 cm³/mol. The third-order valence-corrected chi connectivity index (χ3v) is 6.88. The summed E-state index contributed by atoms with van der Waals surface area (Å²) in [6.07, 6.45) is 0.809. The summed E-state index contributed by atoms with van der Waals surface area (Å²) >= 11 is 7.59. The van der Waals surface area contributed by atoms with Gasteiger partial charge in [0.2, 0.25) is 12.7 Å². The number of thioether (sulfide) groups is 1. The molecule has 154 valence electrons. The van der Waals surface area contributed by atoms with E-state index in [1.165, 1.54) is 5.56 Å². The van der Waals surface area contributed by atoms with E-state index in [2.05, 4.69) is 24.0 Å². The van der Waals surface area contributed by atoms with Gasteiger partial charge in [-0.3, -0.25) is 9.69 Å². The predicted octanol–water partition coefficient (Wildman–Crippen LogP) is 4.28. The fourth-order valence-corrected chi connectivity index (χ4v) is 4.78. The summed E-state index contributed by atoms with van der Waals surface area (Å²) in [5.41, 5.74) is 1.21. The van der Waals surface area contributed by atoms with Crippen LogP contribution in [0, 0.1) is 0 Å². The molecule has 0 saturated carbocycles. The van der Waals surface area contributed by atoms with E-state index in [-0.39, 0.29) is 11.2 Å². The van der Waals surface area contributed by atoms with Crippen LogP contribution in [0.15, 0.2) is 47.4 Å². The summed E-state index contributed by atoms with van der Waals surface area (Å²) in [4.78, 5) is 18.5. The van der Waals surface area contributed by atoms with Gasteiger partial charge >= 0.3 is 0 Å². The van der Waals surface area contributed by atoms with Gasteiger partial charge < -0.3 is 14.4 Å². The van der Waals surface area contributed by atoms with Gasteiger partial charge in [0.15, 0.2) is 11.5 Å². The van der Waals surface area contributed by atoms with Crippen LogP contribution in [-0.2, 0) is 11.3 Å². The Morgan fingerprint density at radius 1 is 1.07 bits per heavy atom. The lowest BCUT2D eigenvalue weighted by Crippen LogP contribution is -2.50. The number of hydrogen-bond acceptors (Lipinski definition) is 5. The zero-order valence-corrected chi connectivity index (χ0v) is 18.0. The molecule has 0 bridgehead atoms. The van der Waals surface area contributed by atoms with Gasteiger partial charge in [0, 0.05) is 42.6 Å². The molecule has 0 aliphatic carbocycles. The van der Waals surface area contributed by atoms with E-state index in [1.54, 1.807) is 11.8 Å². The van der Waals surface area contributed by atoms with Crippen molar-refractivity contribution in [2.75, 3.05) is 33.0 Å². The number of halogens is 1. The number of fused-ring (bicyclic) bond motifs is 1. The van der Waals surface area contributed by atoms with Crippen LogP contribution in [0.25, 0.3) is 0 Å². The summed E-state index contributed by atoms with van der Waals surface area (Å²) in [5.74, 6) is 1.87. The monoisotopic (exact) mass is 432 g/mol. The second kappa shape index (κ2) is 9.28. The number of carbonyl (C=O) groups excluding carboxylic acids is 1. The van der Waals surface area contributed by atoms with Crippen LogP contribution in [0.2, 0.25) is 5.02 Å². The van der Waals surface area contributed by atoms with Crippen molar-refractivity contribution in [1.82, 2.24) is 9.80 Å². The molecule has 0 unspecified atom stereocenters. The first-order valence-electron chi connectivity index (χ1n) is 9.94. The normalized spacial score (nSPS) is 17.4. The van der Waals surface area contributed by atoms with E-state index in [0.29, 0.717) is 11.8 Å². The highest BCUT2D eigenvalue weighted by atomic mass is 35.5. The Balaban J connectivity index is 1.30. The Morgan fingerprint density at radius 3 is 2.52 bits per heavy atom. The summed E-state index contributed by atoms with van der Waals surface area (Å²) in [7, 11) is 0. The number of benzene rings is 2. The van der Waals surface area contributed by atoms with Crippen molar-refractivity contribution in [1.29, 1.82) is 0 Å². The average Bonchev–Trinajstić information content (AvgIpc) is 3.21. The number of hydrogen-bond donors (Lipinski definition) is 0. The van der Waals surface area contributed by atoms with Gasteiger partial charge in [-0.05, 0) is 48.4 Å². The lowest BCUT2D eigenvalue weighted by atomic mass is 10.1. The molecule has 0 radical (unpaired) electrons. The maximum atomic E-state index is 13.0. The smallest absolute Gasteiger partial charge is 0.236 e. The molecule has 1 saturated heterocycles. The minimum absolute atomic E-state index is 0.0587. The molecular formula is C22H25ClN2O3S. The summed E-state index contributed by atoms with van der Waals surface area (Å²) in [6.45, 7) is 6.51. The van der Waals surface area contributed by atoms with Gasteiger partial charge in [-0.1, -0.05) is 24.6 Å². The number of piperazine rings is 1. The van der Waals surface area contributed by atoms with Crippen molar-refractivity contribution in [2.24, 2.45) is 0 Å². The third-order valence-electron chi connectivity index (χ3n) is 5.27. The maximum absolute atomic E-state index is 13.0. The number of ether oxygens (including phenoxy) is 2. The van der Waals surface area contributed by atoms with E-state index >= 15 is 0 Å². The molecule has 5 nitrogen and oxygen atoms in total. The van der Waals surface area contributed by atoms with Gasteiger partial charge in [0.1, 0.15) is 0 Å². The highest BCUT2D eigenvalue weighted by molar-refractivity contribution is 8.00. The van der Waals surface area contributed by atoms with Crippen molar-refractivity contribution in [3.05, 3.63) is 53.1 Å². The van der Waals surface area contributed by atoms with E-state index in [9.17, 15) is 4.79 Å². The minimum Gasteiger partial charge on any atom is -0.454 e. The van der Waals surface area contributed by atoms with Crippen LogP contribution < -0.4 is 9.47 Å². The Labute approximate surface area is 180 Å². The van der Waals surface area contributed by atoms with Crippen LogP contribution in [0.5, 0.6) is 11.5 Å². The minimum atomic E-state index is -0.0587. The molecule has 2 heterocycles. The molecule has 0 N–H and O–H groups in total. The number of nitrogens with zero attached hydrogens (tertiary/aromatic N) is 2. The molecule has 0 spiro atoms. The maximum Gasteiger partial charge on any atom is 0.236 e. The standard InChI is InChI=1S/C22H25ClN2O3S/c1-2-21(29-18-6-4-17(23)5-7-18)22(26)25-11-9-24(10-12-25)14-16-3-8-19-20(13-16)28-15-27-19/h3-8,13,21H,2,9-12,14-15H2,1H3/t21-/m0/s1. The van der Waals surface area contributed by atoms with Crippen LogP contribution in [0.4, 0.5) is 0 Å². The molecule has 1 fully saturated rings. The van der Waals surface area contributed by atoms with E-state index in [0.717, 1.165) is 55.5 Å². The first-order chi connectivity index (χ1) is 14.1. The number of amides is 1. The zero-order valence-electron chi connectivity index (χ0n) is 16.5. The lowest BCUT2D eigenvalue weighted by Gasteiger charge is -2.36. The Morgan fingerprint density at radius 2 is 1.79 bits per heavy atom. The van der Waals surface area contributed by atoms with Crippen LogP contribution in [-0.4, -0.2) is 53.9 Å². The Hall–Kier alpha value is -1.89. The highest BCUT2D eigenvalue weighted by Gasteiger charge is 2.27. The molecule has 0 aromatic heterocycles.